The summed E-state index contributed by atoms with van der Waals surface area (Å²) in [6.45, 7) is 1.68. The van der Waals surface area contributed by atoms with E-state index in [9.17, 15) is 9.18 Å². The molecule has 0 aliphatic carbocycles. The van der Waals surface area contributed by atoms with Crippen LogP contribution in [0.5, 0.6) is 0 Å². The zero-order valence-electron chi connectivity index (χ0n) is 9.86. The van der Waals surface area contributed by atoms with Gasteiger partial charge in [0.1, 0.15) is 11.9 Å². The molecule has 17 heavy (non-hydrogen) atoms. The van der Waals surface area contributed by atoms with Gasteiger partial charge in [0.15, 0.2) is 0 Å². The van der Waals surface area contributed by atoms with Crippen LogP contribution in [0.4, 0.5) is 4.39 Å². The van der Waals surface area contributed by atoms with Gasteiger partial charge in [-0.1, -0.05) is 12.1 Å². The molecule has 1 aromatic carbocycles. The van der Waals surface area contributed by atoms with Crippen LogP contribution in [0.2, 0.25) is 0 Å². The maximum absolute atomic E-state index is 13.0. The Balaban J connectivity index is 1.85. The van der Waals surface area contributed by atoms with E-state index in [1.165, 1.54) is 19.2 Å². The summed E-state index contributed by atoms with van der Waals surface area (Å²) in [7, 11) is 1.41. The number of likely N-dealkylation sites (tertiary alicyclic amines) is 1. The molecule has 3 nitrogen and oxygen atoms in total. The second-order valence-electron chi connectivity index (χ2n) is 4.24. The van der Waals surface area contributed by atoms with Gasteiger partial charge in [0.25, 0.3) is 0 Å². The summed E-state index contributed by atoms with van der Waals surface area (Å²) >= 11 is 0. The summed E-state index contributed by atoms with van der Waals surface area (Å²) in [5, 5.41) is 0. The molecule has 0 amide bonds. The quantitative estimate of drug-likeness (QED) is 0.745. The van der Waals surface area contributed by atoms with Crippen LogP contribution in [0.15, 0.2) is 24.3 Å². The second-order valence-corrected chi connectivity index (χ2v) is 4.24. The first-order chi connectivity index (χ1) is 8.20. The fourth-order valence-electron chi connectivity index (χ4n) is 2.08. The smallest absolute Gasteiger partial charge is 0.323 e. The lowest BCUT2D eigenvalue weighted by molar-refractivity contribution is -0.151. The zero-order valence-corrected chi connectivity index (χ0v) is 9.86. The van der Waals surface area contributed by atoms with E-state index in [-0.39, 0.29) is 17.8 Å². The number of ether oxygens (including phenoxy) is 1. The Morgan fingerprint density at radius 3 is 3.00 bits per heavy atom. The third kappa shape index (κ3) is 2.82. The van der Waals surface area contributed by atoms with Gasteiger partial charge in [-0.15, -0.1) is 0 Å². The minimum absolute atomic E-state index is 0.103. The molecule has 1 aliphatic rings. The SMILES string of the molecule is COC(=O)C1CCN1CCc1cccc(F)c1. The molecule has 0 radical (unpaired) electrons. The van der Waals surface area contributed by atoms with E-state index in [4.69, 9.17) is 4.74 Å². The highest BCUT2D eigenvalue weighted by molar-refractivity contribution is 5.76. The Hall–Kier alpha value is -1.42. The van der Waals surface area contributed by atoms with E-state index in [0.717, 1.165) is 31.5 Å². The van der Waals surface area contributed by atoms with Crippen molar-refractivity contribution in [2.24, 2.45) is 0 Å². The van der Waals surface area contributed by atoms with Gasteiger partial charge in [-0.3, -0.25) is 9.69 Å². The molecule has 0 saturated carbocycles. The molecule has 0 bridgehead atoms. The number of hydrogen-bond donors (Lipinski definition) is 0. The number of carbonyl (C=O) groups is 1. The third-order valence-corrected chi connectivity index (χ3v) is 3.18. The van der Waals surface area contributed by atoms with Gasteiger partial charge in [0, 0.05) is 13.1 Å². The fourth-order valence-corrected chi connectivity index (χ4v) is 2.08. The monoisotopic (exact) mass is 237 g/mol. The van der Waals surface area contributed by atoms with Crippen LogP contribution in [0.1, 0.15) is 12.0 Å². The van der Waals surface area contributed by atoms with Gasteiger partial charge < -0.3 is 4.74 Å². The first kappa shape index (κ1) is 12.0. The van der Waals surface area contributed by atoms with Crippen LogP contribution < -0.4 is 0 Å². The summed E-state index contributed by atoms with van der Waals surface area (Å²) in [5.41, 5.74) is 0.959. The predicted octanol–water partition coefficient (Wildman–Crippen LogP) is 1.62. The first-order valence-corrected chi connectivity index (χ1v) is 5.77. The van der Waals surface area contributed by atoms with E-state index < -0.39 is 0 Å². The van der Waals surface area contributed by atoms with Gasteiger partial charge in [-0.05, 0) is 30.5 Å². The zero-order chi connectivity index (χ0) is 12.3. The second kappa shape index (κ2) is 5.27. The van der Waals surface area contributed by atoms with Crippen molar-refractivity contribution < 1.29 is 13.9 Å². The van der Waals surface area contributed by atoms with E-state index in [1.807, 2.05) is 6.07 Å². The van der Waals surface area contributed by atoms with E-state index in [1.54, 1.807) is 6.07 Å². The van der Waals surface area contributed by atoms with Crippen molar-refractivity contribution in [3.63, 3.8) is 0 Å². The number of halogens is 1. The molecule has 0 N–H and O–H groups in total. The first-order valence-electron chi connectivity index (χ1n) is 5.77. The van der Waals surface area contributed by atoms with E-state index in [2.05, 4.69) is 4.90 Å². The molecule has 1 aliphatic heterocycles. The van der Waals surface area contributed by atoms with Gasteiger partial charge in [-0.2, -0.15) is 0 Å². The molecule has 1 unspecified atom stereocenters. The molecular formula is C13H16FNO2. The lowest BCUT2D eigenvalue weighted by Gasteiger charge is -2.38. The number of esters is 1. The normalized spacial score (nSPS) is 19.8. The van der Waals surface area contributed by atoms with Crippen molar-refractivity contribution in [2.45, 2.75) is 18.9 Å². The van der Waals surface area contributed by atoms with Crippen molar-refractivity contribution >= 4 is 5.97 Å². The summed E-state index contributed by atoms with van der Waals surface area (Å²) < 4.78 is 17.7. The summed E-state index contributed by atoms with van der Waals surface area (Å²) in [5.74, 6) is -0.383. The van der Waals surface area contributed by atoms with Crippen molar-refractivity contribution in [3.05, 3.63) is 35.6 Å². The number of rotatable bonds is 4. The van der Waals surface area contributed by atoms with Crippen LogP contribution in [0, 0.1) is 5.82 Å². The fraction of sp³-hybridized carbons (Fsp3) is 0.462. The summed E-state index contributed by atoms with van der Waals surface area (Å²) in [6, 6.07) is 6.47. The Morgan fingerprint density at radius 2 is 2.41 bits per heavy atom. The maximum Gasteiger partial charge on any atom is 0.323 e. The Bertz CT molecular complexity index is 408. The average Bonchev–Trinajstić information content (AvgIpc) is 2.27. The number of methoxy groups -OCH3 is 1. The molecular weight excluding hydrogens is 221 g/mol. The maximum atomic E-state index is 13.0. The number of hydrogen-bond acceptors (Lipinski definition) is 3. The van der Waals surface area contributed by atoms with E-state index >= 15 is 0 Å². The third-order valence-electron chi connectivity index (χ3n) is 3.18. The standard InChI is InChI=1S/C13H16FNO2/c1-17-13(16)12-6-8-15(12)7-5-10-3-2-4-11(14)9-10/h2-4,9,12H,5-8H2,1H3. The average molecular weight is 237 g/mol. The molecule has 1 atom stereocenters. The summed E-state index contributed by atoms with van der Waals surface area (Å²) in [4.78, 5) is 13.4. The highest BCUT2D eigenvalue weighted by Crippen LogP contribution is 2.19. The lowest BCUT2D eigenvalue weighted by Crippen LogP contribution is -2.53. The molecule has 0 aromatic heterocycles. The van der Waals surface area contributed by atoms with Crippen LogP contribution in [-0.2, 0) is 16.0 Å². The van der Waals surface area contributed by atoms with Crippen molar-refractivity contribution in [1.29, 1.82) is 0 Å². The van der Waals surface area contributed by atoms with Crippen LogP contribution in [-0.4, -0.2) is 37.1 Å². The number of benzene rings is 1. The van der Waals surface area contributed by atoms with Gasteiger partial charge in [0.05, 0.1) is 7.11 Å². The Kier molecular flexibility index (Phi) is 3.74. The highest BCUT2D eigenvalue weighted by atomic mass is 19.1. The minimum atomic E-state index is -0.212. The molecule has 1 aromatic rings. The van der Waals surface area contributed by atoms with Crippen LogP contribution in [0.25, 0.3) is 0 Å². The summed E-state index contributed by atoms with van der Waals surface area (Å²) in [6.07, 6.45) is 1.61. The molecule has 92 valence electrons. The minimum Gasteiger partial charge on any atom is -0.468 e. The molecule has 1 heterocycles. The highest BCUT2D eigenvalue weighted by Gasteiger charge is 2.34. The van der Waals surface area contributed by atoms with Crippen molar-refractivity contribution in [2.75, 3.05) is 20.2 Å². The predicted molar refractivity (Wildman–Crippen MR) is 62.1 cm³/mol. The number of carbonyl (C=O) groups excluding carboxylic acids is 1. The molecule has 1 saturated heterocycles. The largest absolute Gasteiger partial charge is 0.468 e. The van der Waals surface area contributed by atoms with E-state index in [0.29, 0.717) is 0 Å². The van der Waals surface area contributed by atoms with Gasteiger partial charge in [-0.25, -0.2) is 4.39 Å². The Morgan fingerprint density at radius 1 is 1.59 bits per heavy atom. The van der Waals surface area contributed by atoms with Crippen molar-refractivity contribution in [1.82, 2.24) is 4.90 Å². The molecule has 1 fully saturated rings. The number of nitrogens with zero attached hydrogens (tertiary/aromatic N) is 1. The Labute approximate surface area is 100 Å². The van der Waals surface area contributed by atoms with Crippen LogP contribution in [0.3, 0.4) is 0 Å². The van der Waals surface area contributed by atoms with Crippen LogP contribution >= 0.6 is 0 Å². The van der Waals surface area contributed by atoms with Gasteiger partial charge >= 0.3 is 5.97 Å². The van der Waals surface area contributed by atoms with Crippen molar-refractivity contribution in [3.8, 4) is 0 Å². The topological polar surface area (TPSA) is 29.5 Å². The molecule has 2 rings (SSSR count). The molecule has 4 heteroatoms. The molecule has 0 spiro atoms. The lowest BCUT2D eigenvalue weighted by atomic mass is 10.0. The van der Waals surface area contributed by atoms with Gasteiger partial charge in [0.2, 0.25) is 0 Å².